The molecule has 0 N–H and O–H groups in total. The maximum atomic E-state index is 5.30. The van der Waals surface area contributed by atoms with Crippen LogP contribution in [0, 0.1) is 0 Å². The third kappa shape index (κ3) is 6.27. The Morgan fingerprint density at radius 1 is 0.583 bits per heavy atom. The highest BCUT2D eigenvalue weighted by molar-refractivity contribution is 5.40. The lowest BCUT2D eigenvalue weighted by molar-refractivity contribution is 0.171. The number of ether oxygens (including phenoxy) is 2. The van der Waals surface area contributed by atoms with Gasteiger partial charge in [0.05, 0.1) is 0 Å². The average molecular weight is 328 g/mol. The molecule has 1 aliphatic heterocycles. The maximum absolute atomic E-state index is 5.30. The highest BCUT2D eigenvalue weighted by Gasteiger charge is 2.08. The molecule has 1 heterocycles. The van der Waals surface area contributed by atoms with E-state index in [9.17, 15) is 0 Å². The lowest BCUT2D eigenvalue weighted by Gasteiger charge is -2.17. The van der Waals surface area contributed by atoms with Gasteiger partial charge in [0.1, 0.15) is 13.2 Å². The summed E-state index contributed by atoms with van der Waals surface area (Å²) in [5, 5.41) is 0. The fourth-order valence-electron chi connectivity index (χ4n) is 2.67. The standard InChI is InChI=1S/C10H12.C8H8O2.2C2H6/c1-2-6-10-8-4-3-7-9(10)5-1;1-2-4-8-7(3-1)9-5-6-10-8;2*1-2/h1-2,5-6H,3-4,7-8H2;1-4H,5-6H2;2*1-2H3. The summed E-state index contributed by atoms with van der Waals surface area (Å²) in [6.07, 6.45) is 5.38. The van der Waals surface area contributed by atoms with Crippen LogP contribution in [0.15, 0.2) is 48.5 Å². The Hall–Kier alpha value is -1.96. The van der Waals surface area contributed by atoms with Crippen LogP contribution in [-0.2, 0) is 12.8 Å². The molecule has 0 atom stereocenters. The molecule has 2 aromatic rings. The van der Waals surface area contributed by atoms with Crippen LogP contribution in [0.2, 0.25) is 0 Å². The van der Waals surface area contributed by atoms with Gasteiger partial charge >= 0.3 is 0 Å². The first-order valence-electron chi connectivity index (χ1n) is 9.35. The molecule has 0 spiro atoms. The lowest BCUT2D eigenvalue weighted by Crippen LogP contribution is -2.14. The van der Waals surface area contributed by atoms with Crippen LogP contribution in [0.25, 0.3) is 0 Å². The Kier molecular flexibility index (Phi) is 10.4. The van der Waals surface area contributed by atoms with Gasteiger partial charge < -0.3 is 9.47 Å². The third-order valence-electron chi connectivity index (χ3n) is 3.71. The number of para-hydroxylation sites is 2. The van der Waals surface area contributed by atoms with Crippen LogP contribution in [0.4, 0.5) is 0 Å². The highest BCUT2D eigenvalue weighted by atomic mass is 16.6. The van der Waals surface area contributed by atoms with Crippen LogP contribution < -0.4 is 9.47 Å². The molecule has 1 aliphatic carbocycles. The van der Waals surface area contributed by atoms with Crippen molar-refractivity contribution in [2.75, 3.05) is 13.2 Å². The molecule has 132 valence electrons. The molecule has 0 saturated heterocycles. The van der Waals surface area contributed by atoms with Crippen LogP contribution in [0.5, 0.6) is 11.5 Å². The summed E-state index contributed by atoms with van der Waals surface area (Å²) in [7, 11) is 0. The number of benzene rings is 2. The van der Waals surface area contributed by atoms with Crippen LogP contribution in [0.3, 0.4) is 0 Å². The van der Waals surface area contributed by atoms with Crippen molar-refractivity contribution in [1.82, 2.24) is 0 Å². The molecule has 0 amide bonds. The average Bonchev–Trinajstić information content (AvgIpc) is 2.72. The van der Waals surface area contributed by atoms with Crippen molar-refractivity contribution in [3.05, 3.63) is 59.7 Å². The molecule has 0 saturated carbocycles. The van der Waals surface area contributed by atoms with E-state index in [2.05, 4.69) is 24.3 Å². The van der Waals surface area contributed by atoms with Gasteiger partial charge in [0.15, 0.2) is 11.5 Å². The predicted octanol–water partition coefficient (Wildman–Crippen LogP) is 6.08. The fraction of sp³-hybridized carbons (Fsp3) is 0.455. The normalized spacial score (nSPS) is 13.5. The van der Waals surface area contributed by atoms with E-state index >= 15 is 0 Å². The molecule has 0 radical (unpaired) electrons. The first kappa shape index (κ1) is 20.1. The van der Waals surface area contributed by atoms with Gasteiger partial charge in [-0.15, -0.1) is 0 Å². The predicted molar refractivity (Wildman–Crippen MR) is 103 cm³/mol. The Morgan fingerprint density at radius 3 is 1.38 bits per heavy atom. The van der Waals surface area contributed by atoms with E-state index in [-0.39, 0.29) is 0 Å². The molecular weight excluding hydrogens is 296 g/mol. The minimum absolute atomic E-state index is 0.664. The Morgan fingerprint density at radius 2 is 0.958 bits per heavy atom. The molecule has 4 rings (SSSR count). The van der Waals surface area contributed by atoms with E-state index in [0.717, 1.165) is 11.5 Å². The number of aryl methyl sites for hydroxylation is 2. The van der Waals surface area contributed by atoms with Crippen molar-refractivity contribution in [2.45, 2.75) is 53.4 Å². The molecule has 24 heavy (non-hydrogen) atoms. The maximum Gasteiger partial charge on any atom is 0.161 e. The van der Waals surface area contributed by atoms with E-state index < -0.39 is 0 Å². The van der Waals surface area contributed by atoms with E-state index in [1.54, 1.807) is 11.1 Å². The van der Waals surface area contributed by atoms with E-state index in [0.29, 0.717) is 13.2 Å². The molecule has 0 fully saturated rings. The van der Waals surface area contributed by atoms with Crippen LogP contribution in [-0.4, -0.2) is 13.2 Å². The van der Waals surface area contributed by atoms with Gasteiger partial charge in [0, 0.05) is 0 Å². The molecule has 2 nitrogen and oxygen atoms in total. The minimum atomic E-state index is 0.664. The summed E-state index contributed by atoms with van der Waals surface area (Å²) in [4.78, 5) is 0. The number of fused-ring (bicyclic) bond motifs is 2. The van der Waals surface area contributed by atoms with Crippen LogP contribution in [0.1, 0.15) is 51.7 Å². The van der Waals surface area contributed by atoms with E-state index in [1.807, 2.05) is 52.0 Å². The second-order valence-electron chi connectivity index (χ2n) is 5.12. The van der Waals surface area contributed by atoms with Gasteiger partial charge in [-0.25, -0.2) is 0 Å². The smallest absolute Gasteiger partial charge is 0.161 e. The zero-order chi connectivity index (χ0) is 17.6. The van der Waals surface area contributed by atoms with Gasteiger partial charge in [-0.2, -0.15) is 0 Å². The van der Waals surface area contributed by atoms with Crippen molar-refractivity contribution in [1.29, 1.82) is 0 Å². The number of hydrogen-bond donors (Lipinski definition) is 0. The fourth-order valence-corrected chi connectivity index (χ4v) is 2.67. The number of hydrogen-bond acceptors (Lipinski definition) is 2. The second kappa shape index (κ2) is 12.5. The summed E-state index contributed by atoms with van der Waals surface area (Å²) >= 11 is 0. The first-order chi connectivity index (χ1) is 11.9. The molecule has 2 aromatic carbocycles. The van der Waals surface area contributed by atoms with Crippen molar-refractivity contribution < 1.29 is 9.47 Å². The largest absolute Gasteiger partial charge is 0.486 e. The minimum Gasteiger partial charge on any atom is -0.486 e. The summed E-state index contributed by atoms with van der Waals surface area (Å²) in [6, 6.07) is 16.5. The van der Waals surface area contributed by atoms with Crippen LogP contribution >= 0.6 is 0 Å². The summed E-state index contributed by atoms with van der Waals surface area (Å²) in [6.45, 7) is 9.33. The summed E-state index contributed by atoms with van der Waals surface area (Å²) < 4.78 is 10.6. The lowest BCUT2D eigenvalue weighted by atomic mass is 9.92. The van der Waals surface area contributed by atoms with Gasteiger partial charge in [0.2, 0.25) is 0 Å². The topological polar surface area (TPSA) is 18.5 Å². The molecule has 2 heteroatoms. The van der Waals surface area contributed by atoms with Crippen molar-refractivity contribution in [2.24, 2.45) is 0 Å². The Bertz CT molecular complexity index is 462. The Labute approximate surface area is 147 Å². The zero-order valence-corrected chi connectivity index (χ0v) is 15.7. The number of rotatable bonds is 0. The first-order valence-corrected chi connectivity index (χ1v) is 9.35. The van der Waals surface area contributed by atoms with E-state index in [1.165, 1.54) is 25.7 Å². The molecule has 0 unspecified atom stereocenters. The molecule has 0 bridgehead atoms. The zero-order valence-electron chi connectivity index (χ0n) is 15.7. The van der Waals surface area contributed by atoms with Gasteiger partial charge in [-0.1, -0.05) is 64.1 Å². The Balaban J connectivity index is 0.000000199. The van der Waals surface area contributed by atoms with Gasteiger partial charge in [-0.05, 0) is 48.9 Å². The van der Waals surface area contributed by atoms with Gasteiger partial charge in [0.25, 0.3) is 0 Å². The quantitative estimate of drug-likeness (QED) is 0.584. The highest BCUT2D eigenvalue weighted by Crippen LogP contribution is 2.28. The molecule has 0 aromatic heterocycles. The summed E-state index contributed by atoms with van der Waals surface area (Å²) in [5.41, 5.74) is 3.16. The third-order valence-corrected chi connectivity index (χ3v) is 3.71. The second-order valence-corrected chi connectivity index (χ2v) is 5.12. The molecule has 2 aliphatic rings. The van der Waals surface area contributed by atoms with Crippen molar-refractivity contribution >= 4 is 0 Å². The summed E-state index contributed by atoms with van der Waals surface area (Å²) in [5.74, 6) is 1.71. The monoisotopic (exact) mass is 328 g/mol. The van der Waals surface area contributed by atoms with Crippen molar-refractivity contribution in [3.8, 4) is 11.5 Å². The molecular formula is C22H32O2. The SMILES string of the molecule is CC.CC.c1ccc2c(c1)CCCC2.c1ccc2c(c1)OCCO2. The van der Waals surface area contributed by atoms with Gasteiger partial charge in [-0.3, -0.25) is 0 Å². The van der Waals surface area contributed by atoms with Crippen molar-refractivity contribution in [3.63, 3.8) is 0 Å². The van der Waals surface area contributed by atoms with E-state index in [4.69, 9.17) is 9.47 Å².